The molecule has 34 heavy (non-hydrogen) atoms. The van der Waals surface area contributed by atoms with Crippen molar-refractivity contribution in [1.29, 1.82) is 0 Å². The Labute approximate surface area is 200 Å². The summed E-state index contributed by atoms with van der Waals surface area (Å²) in [5.74, 6) is 0.717. The minimum atomic E-state index is -4.42. The first kappa shape index (κ1) is 22.5. The van der Waals surface area contributed by atoms with E-state index >= 15 is 0 Å². The maximum atomic E-state index is 13.3. The second-order valence-corrected chi connectivity index (χ2v) is 9.06. The summed E-state index contributed by atoms with van der Waals surface area (Å²) in [6, 6.07) is 17.7. The third kappa shape index (κ3) is 4.55. The average Bonchev–Trinajstić information content (AvgIpc) is 3.29. The summed E-state index contributed by atoms with van der Waals surface area (Å²) < 4.78 is 39.9. The molecule has 174 valence electrons. The Morgan fingerprint density at radius 3 is 2.71 bits per heavy atom. The molecule has 2 aromatic carbocycles. The first-order valence-corrected chi connectivity index (χ1v) is 12.3. The number of pyridine rings is 1. The van der Waals surface area contributed by atoms with E-state index in [-0.39, 0.29) is 6.04 Å². The van der Waals surface area contributed by atoms with E-state index in [0.29, 0.717) is 22.1 Å². The fourth-order valence-corrected chi connectivity index (χ4v) is 4.84. The molecule has 2 heterocycles. The lowest BCUT2D eigenvalue weighted by Crippen LogP contribution is -2.17. The molecule has 0 saturated carbocycles. The van der Waals surface area contributed by atoms with Crippen LogP contribution in [0, 0.1) is 0 Å². The number of thioether (sulfide) groups is 1. The van der Waals surface area contributed by atoms with Crippen LogP contribution in [0.25, 0.3) is 22.5 Å². The SMILES string of the molecule is CSc1nc(-c2cccc(C(F)(F)F)c2)c(-c2ccnc(NC3CCCc4ccccc43)c2)[nH]1. The Morgan fingerprint density at radius 2 is 1.88 bits per heavy atom. The van der Waals surface area contributed by atoms with Gasteiger partial charge in [-0.1, -0.05) is 48.2 Å². The van der Waals surface area contributed by atoms with Crippen LogP contribution in [-0.2, 0) is 12.6 Å². The Morgan fingerprint density at radius 1 is 1.03 bits per heavy atom. The van der Waals surface area contributed by atoms with Crippen molar-refractivity contribution < 1.29 is 13.2 Å². The lowest BCUT2D eigenvalue weighted by Gasteiger charge is -2.26. The molecule has 1 aliphatic rings. The molecule has 0 aliphatic heterocycles. The molecule has 2 aromatic heterocycles. The molecule has 8 heteroatoms. The molecule has 0 spiro atoms. The van der Waals surface area contributed by atoms with Gasteiger partial charge in [0.2, 0.25) is 0 Å². The van der Waals surface area contributed by atoms with Crippen LogP contribution in [0.3, 0.4) is 0 Å². The largest absolute Gasteiger partial charge is 0.416 e. The van der Waals surface area contributed by atoms with Gasteiger partial charge in [0.25, 0.3) is 0 Å². The van der Waals surface area contributed by atoms with Crippen molar-refractivity contribution in [1.82, 2.24) is 15.0 Å². The quantitative estimate of drug-likeness (QED) is 0.293. The maximum absolute atomic E-state index is 13.3. The highest BCUT2D eigenvalue weighted by atomic mass is 32.2. The lowest BCUT2D eigenvalue weighted by molar-refractivity contribution is -0.137. The molecule has 1 atom stereocenters. The van der Waals surface area contributed by atoms with Crippen molar-refractivity contribution in [2.24, 2.45) is 0 Å². The molecule has 4 aromatic rings. The van der Waals surface area contributed by atoms with Gasteiger partial charge >= 0.3 is 6.18 Å². The molecule has 2 N–H and O–H groups in total. The molecular formula is C26H23F3N4S. The molecule has 1 aliphatic carbocycles. The van der Waals surface area contributed by atoms with E-state index in [0.717, 1.165) is 42.8 Å². The summed E-state index contributed by atoms with van der Waals surface area (Å²) in [5, 5.41) is 4.19. The number of H-pyrrole nitrogens is 1. The summed E-state index contributed by atoms with van der Waals surface area (Å²) in [5.41, 5.74) is 4.31. The number of anilines is 1. The van der Waals surface area contributed by atoms with Gasteiger partial charge < -0.3 is 10.3 Å². The number of aromatic nitrogens is 3. The fraction of sp³-hybridized carbons (Fsp3) is 0.231. The van der Waals surface area contributed by atoms with E-state index in [1.165, 1.54) is 29.0 Å². The van der Waals surface area contributed by atoms with Gasteiger partial charge in [0, 0.05) is 17.3 Å². The molecule has 4 nitrogen and oxygen atoms in total. The fourth-order valence-electron chi connectivity index (χ4n) is 4.46. The van der Waals surface area contributed by atoms with E-state index < -0.39 is 11.7 Å². The maximum Gasteiger partial charge on any atom is 0.416 e. The average molecular weight is 481 g/mol. The zero-order chi connectivity index (χ0) is 23.7. The van der Waals surface area contributed by atoms with Crippen LogP contribution in [-0.4, -0.2) is 21.2 Å². The Kier molecular flexibility index (Phi) is 6.08. The number of benzene rings is 2. The second kappa shape index (κ2) is 9.18. The zero-order valence-corrected chi connectivity index (χ0v) is 19.3. The molecule has 0 saturated heterocycles. The topological polar surface area (TPSA) is 53.6 Å². The van der Waals surface area contributed by atoms with Crippen molar-refractivity contribution in [3.8, 4) is 22.5 Å². The highest BCUT2D eigenvalue weighted by Crippen LogP contribution is 2.37. The van der Waals surface area contributed by atoms with Gasteiger partial charge in [-0.2, -0.15) is 13.2 Å². The van der Waals surface area contributed by atoms with E-state index in [2.05, 4.69) is 44.5 Å². The van der Waals surface area contributed by atoms with Crippen molar-refractivity contribution in [2.75, 3.05) is 11.6 Å². The lowest BCUT2D eigenvalue weighted by atomic mass is 9.88. The molecule has 5 rings (SSSR count). The van der Waals surface area contributed by atoms with Crippen molar-refractivity contribution >= 4 is 17.6 Å². The number of rotatable bonds is 5. The predicted molar refractivity (Wildman–Crippen MR) is 130 cm³/mol. The number of hydrogen-bond donors (Lipinski definition) is 2. The van der Waals surface area contributed by atoms with Crippen LogP contribution in [0.15, 0.2) is 72.0 Å². The van der Waals surface area contributed by atoms with Gasteiger partial charge in [0.05, 0.1) is 23.0 Å². The van der Waals surface area contributed by atoms with E-state index in [1.807, 2.05) is 18.4 Å². The summed E-state index contributed by atoms with van der Waals surface area (Å²) >= 11 is 1.41. The summed E-state index contributed by atoms with van der Waals surface area (Å²) in [6.45, 7) is 0. The monoisotopic (exact) mass is 480 g/mol. The third-order valence-electron chi connectivity index (χ3n) is 6.08. The minimum absolute atomic E-state index is 0.166. The van der Waals surface area contributed by atoms with E-state index in [1.54, 1.807) is 12.3 Å². The second-order valence-electron chi connectivity index (χ2n) is 8.27. The van der Waals surface area contributed by atoms with Gasteiger partial charge in [-0.3, -0.25) is 0 Å². The van der Waals surface area contributed by atoms with Crippen molar-refractivity contribution in [3.63, 3.8) is 0 Å². The molecule has 0 amide bonds. The standard InChI is InChI=1S/C26H23F3N4S/c1-34-25-32-23(17-8-4-9-19(14-17)26(27,28)29)24(33-25)18-12-13-30-22(15-18)31-21-11-5-7-16-6-2-3-10-20(16)21/h2-4,6,8-10,12-15,21H,5,7,11H2,1H3,(H,30,31)(H,32,33). The molecule has 0 fully saturated rings. The number of nitrogens with zero attached hydrogens (tertiary/aromatic N) is 2. The number of alkyl halides is 3. The summed E-state index contributed by atoms with van der Waals surface area (Å²) in [6.07, 6.45) is 2.36. The van der Waals surface area contributed by atoms with Crippen LogP contribution < -0.4 is 5.32 Å². The summed E-state index contributed by atoms with van der Waals surface area (Å²) in [7, 11) is 0. The van der Waals surface area contributed by atoms with Gasteiger partial charge in [0.15, 0.2) is 5.16 Å². The van der Waals surface area contributed by atoms with Gasteiger partial charge in [-0.15, -0.1) is 0 Å². The van der Waals surface area contributed by atoms with Crippen LogP contribution >= 0.6 is 11.8 Å². The number of imidazole rings is 1. The van der Waals surface area contributed by atoms with Gasteiger partial charge in [-0.05, 0) is 60.9 Å². The smallest absolute Gasteiger partial charge is 0.363 e. The van der Waals surface area contributed by atoms with Crippen LogP contribution in [0.5, 0.6) is 0 Å². The number of fused-ring (bicyclic) bond motifs is 1. The number of aryl methyl sites for hydroxylation is 1. The Balaban J connectivity index is 1.50. The van der Waals surface area contributed by atoms with Crippen LogP contribution in [0.1, 0.15) is 35.6 Å². The number of nitrogens with one attached hydrogen (secondary N) is 2. The van der Waals surface area contributed by atoms with Crippen LogP contribution in [0.4, 0.5) is 19.0 Å². The minimum Gasteiger partial charge on any atom is -0.363 e. The zero-order valence-electron chi connectivity index (χ0n) is 18.5. The third-order valence-corrected chi connectivity index (χ3v) is 6.66. The summed E-state index contributed by atoms with van der Waals surface area (Å²) in [4.78, 5) is 12.3. The number of hydrogen-bond acceptors (Lipinski definition) is 4. The molecular weight excluding hydrogens is 457 g/mol. The Hall–Kier alpha value is -3.26. The van der Waals surface area contributed by atoms with Crippen LogP contribution in [0.2, 0.25) is 0 Å². The normalized spacial score (nSPS) is 15.7. The first-order chi connectivity index (χ1) is 16.4. The van der Waals surface area contributed by atoms with Gasteiger partial charge in [-0.25, -0.2) is 9.97 Å². The van der Waals surface area contributed by atoms with E-state index in [9.17, 15) is 13.2 Å². The van der Waals surface area contributed by atoms with Crippen molar-refractivity contribution in [2.45, 2.75) is 36.6 Å². The number of halogens is 3. The van der Waals surface area contributed by atoms with Crippen molar-refractivity contribution in [3.05, 3.63) is 83.6 Å². The molecule has 0 bridgehead atoms. The highest BCUT2D eigenvalue weighted by Gasteiger charge is 2.31. The number of aromatic amines is 1. The Bertz CT molecular complexity index is 1320. The first-order valence-electron chi connectivity index (χ1n) is 11.0. The molecule has 0 radical (unpaired) electrons. The van der Waals surface area contributed by atoms with Gasteiger partial charge in [0.1, 0.15) is 5.82 Å². The highest BCUT2D eigenvalue weighted by molar-refractivity contribution is 7.98. The van der Waals surface area contributed by atoms with E-state index in [4.69, 9.17) is 0 Å². The predicted octanol–water partition coefficient (Wildman–Crippen LogP) is 7.37. The molecule has 1 unspecified atom stereocenters.